The van der Waals surface area contributed by atoms with Gasteiger partial charge in [-0.1, -0.05) is 55.3 Å². The van der Waals surface area contributed by atoms with Gasteiger partial charge in [0.25, 0.3) is 5.91 Å². The number of methoxy groups -OCH3 is 1. The van der Waals surface area contributed by atoms with Crippen LogP contribution in [0.15, 0.2) is 72.8 Å². The number of carbonyl (C=O) groups is 2. The molecule has 4 rings (SSSR count). The zero-order valence-corrected chi connectivity index (χ0v) is 20.4. The highest BCUT2D eigenvalue weighted by Gasteiger charge is 2.23. The minimum Gasteiger partial charge on any atom is -0.495 e. The lowest BCUT2D eigenvalue weighted by molar-refractivity contribution is -0.116. The van der Waals surface area contributed by atoms with Crippen molar-refractivity contribution in [2.75, 3.05) is 12.4 Å². The normalized spacial score (nSPS) is 11.7. The first-order chi connectivity index (χ1) is 17.0. The molecule has 1 heterocycles. The SMILES string of the molecule is CCCC(NC(=O)c1ccccc1)c1nc2ccccc2n1CC(=O)Nc1cc(Cl)ccc1OC. The Kier molecular flexibility index (Phi) is 7.67. The maximum Gasteiger partial charge on any atom is 0.251 e. The Bertz CT molecular complexity index is 1340. The number of hydrogen-bond donors (Lipinski definition) is 2. The molecule has 0 aliphatic carbocycles. The first kappa shape index (κ1) is 24.3. The lowest BCUT2D eigenvalue weighted by Crippen LogP contribution is -2.31. The third-order valence-electron chi connectivity index (χ3n) is 5.65. The van der Waals surface area contributed by atoms with Gasteiger partial charge in [-0.2, -0.15) is 0 Å². The first-order valence-electron chi connectivity index (χ1n) is 11.4. The van der Waals surface area contributed by atoms with Crippen molar-refractivity contribution in [3.8, 4) is 5.75 Å². The van der Waals surface area contributed by atoms with Crippen molar-refractivity contribution in [3.63, 3.8) is 0 Å². The van der Waals surface area contributed by atoms with E-state index in [4.69, 9.17) is 21.3 Å². The minimum atomic E-state index is -0.367. The Labute approximate surface area is 209 Å². The molecule has 35 heavy (non-hydrogen) atoms. The summed E-state index contributed by atoms with van der Waals surface area (Å²) in [5.74, 6) is 0.693. The van der Waals surface area contributed by atoms with Gasteiger partial charge in [0.15, 0.2) is 0 Å². The van der Waals surface area contributed by atoms with Crippen LogP contribution in [0.4, 0.5) is 5.69 Å². The summed E-state index contributed by atoms with van der Waals surface area (Å²) in [6.45, 7) is 2.06. The van der Waals surface area contributed by atoms with Crippen molar-refractivity contribution in [2.45, 2.75) is 32.4 Å². The predicted molar refractivity (Wildman–Crippen MR) is 138 cm³/mol. The maximum absolute atomic E-state index is 13.1. The summed E-state index contributed by atoms with van der Waals surface area (Å²) in [5.41, 5.74) is 2.62. The Balaban J connectivity index is 1.66. The molecule has 0 bridgehead atoms. The van der Waals surface area contributed by atoms with Gasteiger partial charge in [-0.05, 0) is 48.9 Å². The van der Waals surface area contributed by atoms with E-state index in [9.17, 15) is 9.59 Å². The lowest BCUT2D eigenvalue weighted by atomic mass is 10.1. The van der Waals surface area contributed by atoms with Crippen LogP contribution in [-0.4, -0.2) is 28.5 Å². The van der Waals surface area contributed by atoms with Gasteiger partial charge in [-0.3, -0.25) is 9.59 Å². The summed E-state index contributed by atoms with van der Waals surface area (Å²) in [5, 5.41) is 6.48. The van der Waals surface area contributed by atoms with E-state index in [1.165, 1.54) is 7.11 Å². The van der Waals surface area contributed by atoms with Crippen LogP contribution in [0.1, 0.15) is 42.0 Å². The average molecular weight is 491 g/mol. The fourth-order valence-electron chi connectivity index (χ4n) is 4.02. The Morgan fingerprint density at radius 2 is 1.80 bits per heavy atom. The number of aromatic nitrogens is 2. The number of imidazole rings is 1. The van der Waals surface area contributed by atoms with E-state index < -0.39 is 0 Å². The summed E-state index contributed by atoms with van der Waals surface area (Å²) < 4.78 is 7.20. The summed E-state index contributed by atoms with van der Waals surface area (Å²) in [4.78, 5) is 30.9. The van der Waals surface area contributed by atoms with E-state index in [0.29, 0.717) is 34.3 Å². The van der Waals surface area contributed by atoms with Gasteiger partial charge in [0.2, 0.25) is 5.91 Å². The van der Waals surface area contributed by atoms with Gasteiger partial charge in [0.1, 0.15) is 18.1 Å². The first-order valence-corrected chi connectivity index (χ1v) is 11.8. The number of nitrogens with one attached hydrogen (secondary N) is 2. The molecule has 0 fully saturated rings. The second-order valence-corrected chi connectivity index (χ2v) is 8.55. The number of carbonyl (C=O) groups excluding carboxylic acids is 2. The minimum absolute atomic E-state index is 0.00688. The van der Waals surface area contributed by atoms with Crippen LogP contribution in [0.5, 0.6) is 5.75 Å². The number of halogens is 1. The number of fused-ring (bicyclic) bond motifs is 1. The maximum atomic E-state index is 13.1. The quantitative estimate of drug-likeness (QED) is 0.319. The average Bonchev–Trinajstić information content (AvgIpc) is 3.22. The van der Waals surface area contributed by atoms with Crippen molar-refractivity contribution in [1.82, 2.24) is 14.9 Å². The van der Waals surface area contributed by atoms with Gasteiger partial charge >= 0.3 is 0 Å². The zero-order valence-electron chi connectivity index (χ0n) is 19.6. The van der Waals surface area contributed by atoms with Crippen LogP contribution in [0, 0.1) is 0 Å². The van der Waals surface area contributed by atoms with Gasteiger partial charge in [0, 0.05) is 10.6 Å². The molecule has 4 aromatic rings. The Morgan fingerprint density at radius 3 is 2.54 bits per heavy atom. The molecule has 0 radical (unpaired) electrons. The molecular formula is C27H27ClN4O3. The molecule has 0 spiro atoms. The highest BCUT2D eigenvalue weighted by atomic mass is 35.5. The summed E-state index contributed by atoms with van der Waals surface area (Å²) in [7, 11) is 1.53. The topological polar surface area (TPSA) is 85.2 Å². The number of benzene rings is 3. The lowest BCUT2D eigenvalue weighted by Gasteiger charge is -2.20. The van der Waals surface area contributed by atoms with E-state index in [0.717, 1.165) is 17.5 Å². The number of amides is 2. The molecule has 1 atom stereocenters. The Hall–Kier alpha value is -3.84. The second-order valence-electron chi connectivity index (χ2n) is 8.12. The molecule has 0 aliphatic heterocycles. The molecule has 3 aromatic carbocycles. The van der Waals surface area contributed by atoms with Crippen LogP contribution in [0.3, 0.4) is 0 Å². The molecule has 180 valence electrons. The highest BCUT2D eigenvalue weighted by molar-refractivity contribution is 6.31. The third-order valence-corrected chi connectivity index (χ3v) is 5.89. The van der Waals surface area contributed by atoms with Gasteiger partial charge in [0.05, 0.1) is 29.9 Å². The molecule has 1 unspecified atom stereocenters. The van der Waals surface area contributed by atoms with Crippen molar-refractivity contribution in [2.24, 2.45) is 0 Å². The Morgan fingerprint density at radius 1 is 1.06 bits per heavy atom. The second kappa shape index (κ2) is 11.1. The predicted octanol–water partition coefficient (Wildman–Crippen LogP) is 5.61. The van der Waals surface area contributed by atoms with Crippen LogP contribution in [-0.2, 0) is 11.3 Å². The highest BCUT2D eigenvalue weighted by Crippen LogP contribution is 2.28. The van der Waals surface area contributed by atoms with Crippen molar-refractivity contribution in [1.29, 1.82) is 0 Å². The molecule has 0 saturated carbocycles. The molecule has 7 nitrogen and oxygen atoms in total. The van der Waals surface area contributed by atoms with Gasteiger partial charge < -0.3 is 19.9 Å². The molecule has 8 heteroatoms. The van der Waals surface area contributed by atoms with E-state index in [2.05, 4.69) is 10.6 Å². The number of anilines is 1. The van der Waals surface area contributed by atoms with Crippen LogP contribution in [0.2, 0.25) is 5.02 Å². The van der Waals surface area contributed by atoms with Crippen LogP contribution in [0.25, 0.3) is 11.0 Å². The van der Waals surface area contributed by atoms with E-state index in [1.807, 2.05) is 54.0 Å². The molecule has 0 aliphatic rings. The third kappa shape index (κ3) is 5.63. The number of para-hydroxylation sites is 2. The summed E-state index contributed by atoms with van der Waals surface area (Å²) in [6, 6.07) is 21.4. The van der Waals surface area contributed by atoms with Crippen LogP contribution < -0.4 is 15.4 Å². The molecular weight excluding hydrogens is 464 g/mol. The number of hydrogen-bond acceptors (Lipinski definition) is 4. The molecule has 1 aromatic heterocycles. The number of nitrogens with zero attached hydrogens (tertiary/aromatic N) is 2. The number of rotatable bonds is 9. The van der Waals surface area contributed by atoms with Crippen molar-refractivity contribution < 1.29 is 14.3 Å². The monoisotopic (exact) mass is 490 g/mol. The van der Waals surface area contributed by atoms with Crippen LogP contribution >= 0.6 is 11.6 Å². The molecule has 2 amide bonds. The fourth-order valence-corrected chi connectivity index (χ4v) is 4.20. The standard InChI is InChI=1S/C27H27ClN4O3/c1-3-9-21(31-27(34)18-10-5-4-6-11-18)26-30-20-12-7-8-13-23(20)32(26)17-25(33)29-22-16-19(28)14-15-24(22)35-2/h4-8,10-16,21H,3,9,17H2,1-2H3,(H,29,33)(H,31,34). The zero-order chi connectivity index (χ0) is 24.8. The van der Waals surface area contributed by atoms with Gasteiger partial charge in [-0.25, -0.2) is 4.98 Å². The van der Waals surface area contributed by atoms with E-state index in [1.54, 1.807) is 30.3 Å². The summed E-state index contributed by atoms with van der Waals surface area (Å²) >= 11 is 6.12. The largest absolute Gasteiger partial charge is 0.495 e. The molecule has 0 saturated heterocycles. The van der Waals surface area contributed by atoms with Crippen molar-refractivity contribution >= 4 is 40.1 Å². The van der Waals surface area contributed by atoms with Gasteiger partial charge in [-0.15, -0.1) is 0 Å². The van der Waals surface area contributed by atoms with Crippen molar-refractivity contribution in [3.05, 3.63) is 89.2 Å². The fraction of sp³-hybridized carbons (Fsp3) is 0.222. The molecule has 2 N–H and O–H groups in total. The van der Waals surface area contributed by atoms with E-state index in [-0.39, 0.29) is 24.4 Å². The smallest absolute Gasteiger partial charge is 0.251 e. The van der Waals surface area contributed by atoms with E-state index >= 15 is 0 Å². The summed E-state index contributed by atoms with van der Waals surface area (Å²) in [6.07, 6.45) is 1.50. The number of ether oxygens (including phenoxy) is 1.